The third-order valence-corrected chi connectivity index (χ3v) is 2.65. The lowest BCUT2D eigenvalue weighted by molar-refractivity contribution is -0.116. The second-order valence-electron chi connectivity index (χ2n) is 4.78. The monoisotopic (exact) mass is 263 g/mol. The molecule has 5 nitrogen and oxygen atoms in total. The van der Waals surface area contributed by atoms with Crippen LogP contribution < -0.4 is 16.4 Å². The van der Waals surface area contributed by atoms with Crippen LogP contribution in [0.4, 0.5) is 11.4 Å². The maximum atomic E-state index is 11.7. The van der Waals surface area contributed by atoms with Gasteiger partial charge in [-0.2, -0.15) is 0 Å². The maximum Gasteiger partial charge on any atom is 0.224 e. The molecule has 0 saturated carbocycles. The second kappa shape index (κ2) is 6.89. The minimum atomic E-state index is -0.114. The van der Waals surface area contributed by atoms with E-state index in [1.165, 1.54) is 6.92 Å². The number of nitrogens with one attached hydrogen (secondary N) is 2. The molecule has 1 atom stereocenters. The molecule has 0 aliphatic heterocycles. The third kappa shape index (κ3) is 5.52. The molecule has 4 N–H and O–H groups in total. The lowest BCUT2D eigenvalue weighted by atomic mass is 10.1. The Morgan fingerprint density at radius 2 is 2.00 bits per heavy atom. The van der Waals surface area contributed by atoms with E-state index in [0.29, 0.717) is 12.8 Å². The van der Waals surface area contributed by atoms with Gasteiger partial charge in [0.1, 0.15) is 0 Å². The zero-order valence-electron chi connectivity index (χ0n) is 11.6. The van der Waals surface area contributed by atoms with Crippen LogP contribution in [0, 0.1) is 6.92 Å². The van der Waals surface area contributed by atoms with Crippen molar-refractivity contribution < 1.29 is 9.59 Å². The molecule has 19 heavy (non-hydrogen) atoms. The van der Waals surface area contributed by atoms with Crippen LogP contribution >= 0.6 is 0 Å². The first kappa shape index (κ1) is 15.2. The standard InChI is InChI=1S/C14H21N3O2/c1-9-8-12(5-6-13(9)16-11(3)18)17-14(19)7-4-10(2)15/h5-6,8,10H,4,7,15H2,1-3H3,(H,16,18)(H,17,19). The predicted molar refractivity (Wildman–Crippen MR) is 77.0 cm³/mol. The summed E-state index contributed by atoms with van der Waals surface area (Å²) in [5.41, 5.74) is 7.98. The van der Waals surface area contributed by atoms with Crippen LogP contribution in [0.2, 0.25) is 0 Å². The molecule has 0 heterocycles. The molecule has 2 amide bonds. The van der Waals surface area contributed by atoms with Gasteiger partial charge in [0.05, 0.1) is 0 Å². The zero-order valence-corrected chi connectivity index (χ0v) is 11.6. The molecule has 0 aliphatic rings. The minimum Gasteiger partial charge on any atom is -0.328 e. The molecule has 0 aromatic heterocycles. The molecular formula is C14H21N3O2. The van der Waals surface area contributed by atoms with Gasteiger partial charge >= 0.3 is 0 Å². The molecule has 1 rings (SSSR count). The lowest BCUT2D eigenvalue weighted by Gasteiger charge is -2.10. The first-order chi connectivity index (χ1) is 8.88. The van der Waals surface area contributed by atoms with E-state index >= 15 is 0 Å². The van der Waals surface area contributed by atoms with E-state index in [0.717, 1.165) is 16.9 Å². The van der Waals surface area contributed by atoms with Crippen molar-refractivity contribution in [1.82, 2.24) is 0 Å². The Hall–Kier alpha value is -1.88. The highest BCUT2D eigenvalue weighted by molar-refractivity contribution is 5.92. The Kier molecular flexibility index (Phi) is 5.51. The van der Waals surface area contributed by atoms with Crippen LogP contribution in [0.25, 0.3) is 0 Å². The summed E-state index contributed by atoms with van der Waals surface area (Å²) < 4.78 is 0. The van der Waals surface area contributed by atoms with E-state index in [1.54, 1.807) is 12.1 Å². The summed E-state index contributed by atoms with van der Waals surface area (Å²) in [6, 6.07) is 5.39. The van der Waals surface area contributed by atoms with E-state index < -0.39 is 0 Å². The highest BCUT2D eigenvalue weighted by Gasteiger charge is 2.06. The second-order valence-corrected chi connectivity index (χ2v) is 4.78. The van der Waals surface area contributed by atoms with Crippen molar-refractivity contribution in [3.8, 4) is 0 Å². The Bertz CT molecular complexity index is 470. The number of amides is 2. The quantitative estimate of drug-likeness (QED) is 0.759. The summed E-state index contributed by atoms with van der Waals surface area (Å²) in [5.74, 6) is -0.166. The number of carbonyl (C=O) groups excluding carboxylic acids is 2. The summed E-state index contributed by atoms with van der Waals surface area (Å²) in [4.78, 5) is 22.6. The molecular weight excluding hydrogens is 242 g/mol. The average molecular weight is 263 g/mol. The van der Waals surface area contributed by atoms with Crippen molar-refractivity contribution in [3.63, 3.8) is 0 Å². The molecule has 1 aromatic rings. The van der Waals surface area contributed by atoms with Crippen LogP contribution in [0.1, 0.15) is 32.3 Å². The number of hydrogen-bond acceptors (Lipinski definition) is 3. The maximum absolute atomic E-state index is 11.7. The van der Waals surface area contributed by atoms with E-state index in [-0.39, 0.29) is 17.9 Å². The highest BCUT2D eigenvalue weighted by atomic mass is 16.2. The Morgan fingerprint density at radius 1 is 1.32 bits per heavy atom. The van der Waals surface area contributed by atoms with Gasteiger partial charge in [-0.05, 0) is 44.0 Å². The van der Waals surface area contributed by atoms with Gasteiger partial charge in [-0.1, -0.05) is 0 Å². The summed E-state index contributed by atoms with van der Waals surface area (Å²) in [5, 5.41) is 5.54. The van der Waals surface area contributed by atoms with Crippen molar-refractivity contribution in [1.29, 1.82) is 0 Å². The first-order valence-corrected chi connectivity index (χ1v) is 6.32. The van der Waals surface area contributed by atoms with Crippen LogP contribution in [-0.2, 0) is 9.59 Å². The smallest absolute Gasteiger partial charge is 0.224 e. The number of anilines is 2. The van der Waals surface area contributed by atoms with Gasteiger partial charge in [-0.25, -0.2) is 0 Å². The molecule has 0 fully saturated rings. The fourth-order valence-corrected chi connectivity index (χ4v) is 1.65. The summed E-state index contributed by atoms with van der Waals surface area (Å²) >= 11 is 0. The highest BCUT2D eigenvalue weighted by Crippen LogP contribution is 2.19. The zero-order chi connectivity index (χ0) is 14.4. The van der Waals surface area contributed by atoms with Gasteiger partial charge < -0.3 is 16.4 Å². The number of benzene rings is 1. The average Bonchev–Trinajstić information content (AvgIpc) is 2.29. The van der Waals surface area contributed by atoms with Gasteiger partial charge in [0.25, 0.3) is 0 Å². The van der Waals surface area contributed by atoms with Gasteiger partial charge in [-0.3, -0.25) is 9.59 Å². The summed E-state index contributed by atoms with van der Waals surface area (Å²) in [6.45, 7) is 5.21. The molecule has 1 aromatic carbocycles. The van der Waals surface area contributed by atoms with E-state index in [9.17, 15) is 9.59 Å². The van der Waals surface area contributed by atoms with Crippen LogP contribution in [0.15, 0.2) is 18.2 Å². The van der Waals surface area contributed by atoms with Crippen molar-refractivity contribution >= 4 is 23.2 Å². The summed E-state index contributed by atoms with van der Waals surface area (Å²) in [6.07, 6.45) is 1.07. The number of aryl methyl sites for hydroxylation is 1. The van der Waals surface area contributed by atoms with Gasteiger partial charge in [0, 0.05) is 30.8 Å². The minimum absolute atomic E-state index is 0.0228. The topological polar surface area (TPSA) is 84.2 Å². The largest absolute Gasteiger partial charge is 0.328 e. The van der Waals surface area contributed by atoms with Crippen LogP contribution in [0.5, 0.6) is 0 Å². The molecule has 0 spiro atoms. The fraction of sp³-hybridized carbons (Fsp3) is 0.429. The number of rotatable bonds is 5. The predicted octanol–water partition coefficient (Wildman–Crippen LogP) is 2.02. The normalized spacial score (nSPS) is 11.8. The number of nitrogens with two attached hydrogens (primary N) is 1. The van der Waals surface area contributed by atoms with E-state index in [4.69, 9.17) is 5.73 Å². The molecule has 1 unspecified atom stereocenters. The van der Waals surface area contributed by atoms with E-state index in [1.807, 2.05) is 19.9 Å². The molecule has 104 valence electrons. The first-order valence-electron chi connectivity index (χ1n) is 6.32. The van der Waals surface area contributed by atoms with E-state index in [2.05, 4.69) is 10.6 Å². The molecule has 5 heteroatoms. The number of carbonyl (C=O) groups is 2. The lowest BCUT2D eigenvalue weighted by Crippen LogP contribution is -2.19. The van der Waals surface area contributed by atoms with Crippen LogP contribution in [0.3, 0.4) is 0 Å². The molecule has 0 radical (unpaired) electrons. The number of hydrogen-bond donors (Lipinski definition) is 3. The van der Waals surface area contributed by atoms with Crippen LogP contribution in [-0.4, -0.2) is 17.9 Å². The van der Waals surface area contributed by atoms with Crippen molar-refractivity contribution in [2.45, 2.75) is 39.7 Å². The third-order valence-electron chi connectivity index (χ3n) is 2.65. The summed E-state index contributed by atoms with van der Waals surface area (Å²) in [7, 11) is 0. The van der Waals surface area contributed by atoms with Crippen molar-refractivity contribution in [3.05, 3.63) is 23.8 Å². The van der Waals surface area contributed by atoms with Gasteiger partial charge in [-0.15, -0.1) is 0 Å². The molecule has 0 saturated heterocycles. The SMILES string of the molecule is CC(=O)Nc1ccc(NC(=O)CCC(C)N)cc1C. The molecule has 0 bridgehead atoms. The Balaban J connectivity index is 2.63. The van der Waals surface area contributed by atoms with Gasteiger partial charge in [0.15, 0.2) is 0 Å². The van der Waals surface area contributed by atoms with Gasteiger partial charge in [0.2, 0.25) is 11.8 Å². The van der Waals surface area contributed by atoms with Crippen molar-refractivity contribution in [2.24, 2.45) is 5.73 Å². The Morgan fingerprint density at radius 3 is 2.53 bits per heavy atom. The fourth-order valence-electron chi connectivity index (χ4n) is 1.65. The molecule has 0 aliphatic carbocycles. The Labute approximate surface area is 113 Å². The van der Waals surface area contributed by atoms with Crippen molar-refractivity contribution in [2.75, 3.05) is 10.6 Å².